The summed E-state index contributed by atoms with van der Waals surface area (Å²) in [7, 11) is 0. The zero-order valence-corrected chi connectivity index (χ0v) is 20.1. The van der Waals surface area contributed by atoms with Crippen LogP contribution in [0.15, 0.2) is 60.8 Å². The van der Waals surface area contributed by atoms with Crippen LogP contribution in [0.3, 0.4) is 0 Å². The van der Waals surface area contributed by atoms with Crippen LogP contribution in [-0.2, 0) is 15.8 Å². The molecule has 0 radical (unpaired) electrons. The van der Waals surface area contributed by atoms with Crippen molar-refractivity contribution in [2.45, 2.75) is 33.9 Å². The number of alkyl halides is 3. The predicted octanol–water partition coefficient (Wildman–Crippen LogP) is 5.64. The van der Waals surface area contributed by atoms with Crippen LogP contribution in [0.1, 0.15) is 33.3 Å². The molecule has 0 unspecified atom stereocenters. The first-order valence-corrected chi connectivity index (χ1v) is 11.4. The number of benzene rings is 2. The van der Waals surface area contributed by atoms with Gasteiger partial charge < -0.3 is 4.90 Å². The van der Waals surface area contributed by atoms with Crippen molar-refractivity contribution in [3.05, 3.63) is 66.4 Å². The van der Waals surface area contributed by atoms with Gasteiger partial charge in [0, 0.05) is 29.9 Å². The Labute approximate surface area is 202 Å². The molecular weight excluding hydrogens is 457 g/mol. The number of rotatable bonds is 8. The van der Waals surface area contributed by atoms with Gasteiger partial charge in [-0.3, -0.25) is 19.5 Å². The molecule has 6 nitrogen and oxygen atoms in total. The minimum Gasteiger partial charge on any atom is -0.333 e. The quantitative estimate of drug-likeness (QED) is 0.448. The highest BCUT2D eigenvalue weighted by molar-refractivity contribution is 5.94. The molecule has 0 bridgehead atoms. The Kier molecular flexibility index (Phi) is 7.99. The molecule has 2 aromatic carbocycles. The molecule has 35 heavy (non-hydrogen) atoms. The molecular formula is C26H29F3N4O2. The second-order valence-corrected chi connectivity index (χ2v) is 9.05. The van der Waals surface area contributed by atoms with E-state index < -0.39 is 17.6 Å². The van der Waals surface area contributed by atoms with Crippen molar-refractivity contribution < 1.29 is 22.8 Å². The summed E-state index contributed by atoms with van der Waals surface area (Å²) in [5, 5.41) is 2.74. The largest absolute Gasteiger partial charge is 0.416 e. The van der Waals surface area contributed by atoms with Crippen LogP contribution in [0.5, 0.6) is 0 Å². The predicted molar refractivity (Wildman–Crippen MR) is 129 cm³/mol. The normalized spacial score (nSPS) is 11.7. The topological polar surface area (TPSA) is 67.2 Å². The van der Waals surface area contributed by atoms with E-state index in [0.717, 1.165) is 17.7 Å². The maximum atomic E-state index is 13.0. The van der Waals surface area contributed by atoms with Crippen molar-refractivity contribution in [3.63, 3.8) is 0 Å². The van der Waals surface area contributed by atoms with E-state index in [4.69, 9.17) is 0 Å². The van der Waals surface area contributed by atoms with Crippen molar-refractivity contribution in [1.29, 1.82) is 0 Å². The summed E-state index contributed by atoms with van der Waals surface area (Å²) in [5.74, 6) is -0.525. The molecule has 0 aliphatic carbocycles. The number of nitrogens with zero attached hydrogens (tertiary/aromatic N) is 3. The third kappa shape index (κ3) is 6.71. The third-order valence-electron chi connectivity index (χ3n) is 5.23. The number of amides is 2. The molecule has 1 aromatic heterocycles. The molecule has 1 heterocycles. The molecule has 0 aliphatic heterocycles. The fourth-order valence-electron chi connectivity index (χ4n) is 3.60. The van der Waals surface area contributed by atoms with Crippen LogP contribution in [0.2, 0.25) is 0 Å². The fourth-order valence-corrected chi connectivity index (χ4v) is 3.60. The molecule has 2 amide bonds. The first kappa shape index (κ1) is 26.0. The number of hydrogen-bond donors (Lipinski definition) is 1. The highest BCUT2D eigenvalue weighted by Crippen LogP contribution is 2.31. The summed E-state index contributed by atoms with van der Waals surface area (Å²) >= 11 is 0. The maximum absolute atomic E-state index is 13.0. The monoisotopic (exact) mass is 486 g/mol. The third-order valence-corrected chi connectivity index (χ3v) is 5.23. The summed E-state index contributed by atoms with van der Waals surface area (Å²) in [6.07, 6.45) is -2.80. The van der Waals surface area contributed by atoms with Crippen molar-refractivity contribution in [2.24, 2.45) is 11.8 Å². The fraction of sp³-hybridized carbons (Fsp3) is 0.346. The van der Waals surface area contributed by atoms with Gasteiger partial charge in [0.15, 0.2) is 0 Å². The van der Waals surface area contributed by atoms with Gasteiger partial charge in [0.25, 0.3) is 0 Å². The number of hydrogen-bond acceptors (Lipinski definition) is 3. The van der Waals surface area contributed by atoms with E-state index in [1.165, 1.54) is 21.6 Å². The highest BCUT2D eigenvalue weighted by atomic mass is 19.4. The molecule has 3 rings (SSSR count). The molecule has 1 N–H and O–H groups in total. The van der Waals surface area contributed by atoms with E-state index in [0.29, 0.717) is 17.9 Å². The minimum absolute atomic E-state index is 0.134. The zero-order valence-electron chi connectivity index (χ0n) is 20.1. The van der Waals surface area contributed by atoms with Crippen LogP contribution in [0, 0.1) is 11.8 Å². The van der Waals surface area contributed by atoms with Gasteiger partial charge in [-0.25, -0.2) is 4.98 Å². The minimum atomic E-state index is -4.46. The Bertz CT molecular complexity index is 1150. The van der Waals surface area contributed by atoms with E-state index in [1.807, 2.05) is 44.2 Å². The number of carbonyl (C=O) groups is 2. The summed E-state index contributed by atoms with van der Waals surface area (Å²) in [6, 6.07) is 13.8. The average molecular weight is 487 g/mol. The number of halogens is 3. The molecule has 0 saturated carbocycles. The van der Waals surface area contributed by atoms with E-state index >= 15 is 0 Å². The van der Waals surface area contributed by atoms with Gasteiger partial charge in [0.1, 0.15) is 0 Å². The first-order valence-electron chi connectivity index (χ1n) is 11.4. The van der Waals surface area contributed by atoms with E-state index in [1.54, 1.807) is 20.0 Å². The maximum Gasteiger partial charge on any atom is 0.416 e. The summed E-state index contributed by atoms with van der Waals surface area (Å²) in [4.78, 5) is 31.6. The van der Waals surface area contributed by atoms with Crippen LogP contribution >= 0.6 is 0 Å². The van der Waals surface area contributed by atoms with Gasteiger partial charge in [-0.2, -0.15) is 13.2 Å². The SMILES string of the molecule is CC(C)CN(CC(=O)Nc1nc(-c2ccccc2)cn1-c1ccc(C(F)(F)F)cc1)C(=O)C(C)C. The number of aromatic nitrogens is 2. The highest BCUT2D eigenvalue weighted by Gasteiger charge is 2.30. The number of carbonyl (C=O) groups excluding carboxylic acids is 2. The average Bonchev–Trinajstić information content (AvgIpc) is 3.21. The Morgan fingerprint density at radius 1 is 1.00 bits per heavy atom. The van der Waals surface area contributed by atoms with Gasteiger partial charge in [-0.15, -0.1) is 0 Å². The van der Waals surface area contributed by atoms with Gasteiger partial charge in [-0.1, -0.05) is 58.0 Å². The second-order valence-electron chi connectivity index (χ2n) is 9.05. The Morgan fingerprint density at radius 2 is 1.63 bits per heavy atom. The second kappa shape index (κ2) is 10.8. The lowest BCUT2D eigenvalue weighted by molar-refractivity contribution is -0.138. The molecule has 186 valence electrons. The van der Waals surface area contributed by atoms with Crippen LogP contribution in [-0.4, -0.2) is 39.4 Å². The van der Waals surface area contributed by atoms with Gasteiger partial charge >= 0.3 is 6.18 Å². The van der Waals surface area contributed by atoms with Crippen molar-refractivity contribution >= 4 is 17.8 Å². The summed E-state index contributed by atoms with van der Waals surface area (Å²) < 4.78 is 40.6. The van der Waals surface area contributed by atoms with E-state index in [2.05, 4.69) is 10.3 Å². The van der Waals surface area contributed by atoms with E-state index in [-0.39, 0.29) is 30.2 Å². The lowest BCUT2D eigenvalue weighted by Gasteiger charge is -2.25. The Morgan fingerprint density at radius 3 is 2.17 bits per heavy atom. The lowest BCUT2D eigenvalue weighted by atomic mass is 10.1. The molecule has 0 aliphatic rings. The lowest BCUT2D eigenvalue weighted by Crippen LogP contribution is -2.42. The van der Waals surface area contributed by atoms with Crippen LogP contribution < -0.4 is 5.32 Å². The summed E-state index contributed by atoms with van der Waals surface area (Å²) in [5.41, 5.74) is 0.954. The van der Waals surface area contributed by atoms with Crippen molar-refractivity contribution in [2.75, 3.05) is 18.4 Å². The standard InChI is InChI=1S/C26H29F3N4O2/c1-17(2)14-32(24(35)18(3)4)16-23(34)31-25-30-22(19-8-6-5-7-9-19)15-33(25)21-12-10-20(11-13-21)26(27,28)29/h5-13,15,17-18H,14,16H2,1-4H3,(H,30,31,34). The Balaban J connectivity index is 1.93. The Hall–Kier alpha value is -3.62. The number of nitrogens with one attached hydrogen (secondary N) is 1. The van der Waals surface area contributed by atoms with Gasteiger partial charge in [-0.05, 0) is 30.2 Å². The van der Waals surface area contributed by atoms with Gasteiger partial charge in [0.2, 0.25) is 17.8 Å². The number of imidazole rings is 1. The molecule has 9 heteroatoms. The molecule has 3 aromatic rings. The molecule has 0 fully saturated rings. The molecule has 0 saturated heterocycles. The first-order chi connectivity index (χ1) is 16.5. The smallest absolute Gasteiger partial charge is 0.333 e. The van der Waals surface area contributed by atoms with Crippen LogP contribution in [0.4, 0.5) is 19.1 Å². The van der Waals surface area contributed by atoms with Crippen molar-refractivity contribution in [3.8, 4) is 16.9 Å². The van der Waals surface area contributed by atoms with E-state index in [9.17, 15) is 22.8 Å². The summed E-state index contributed by atoms with van der Waals surface area (Å²) in [6.45, 7) is 7.74. The molecule has 0 spiro atoms. The molecule has 0 atom stereocenters. The van der Waals surface area contributed by atoms with Crippen LogP contribution in [0.25, 0.3) is 16.9 Å². The van der Waals surface area contributed by atoms with Gasteiger partial charge in [0.05, 0.1) is 17.8 Å². The number of anilines is 1. The zero-order chi connectivity index (χ0) is 25.8. The van der Waals surface area contributed by atoms with Crippen molar-refractivity contribution in [1.82, 2.24) is 14.5 Å².